The molecular weight excluding hydrogens is 375 g/mol. The monoisotopic (exact) mass is 392 g/mol. The highest BCUT2D eigenvalue weighted by atomic mass is 35.5. The van der Waals surface area contributed by atoms with Crippen LogP contribution in [-0.4, -0.2) is 11.6 Å². The maximum absolute atomic E-state index is 12.9. The number of ketones is 2. The van der Waals surface area contributed by atoms with E-state index in [1.165, 1.54) is 11.3 Å². The molecule has 0 N–H and O–H groups in total. The van der Waals surface area contributed by atoms with Crippen molar-refractivity contribution >= 4 is 46.1 Å². The molecule has 2 fully saturated rings. The second-order valence-electron chi connectivity index (χ2n) is 6.95. The van der Waals surface area contributed by atoms with Crippen molar-refractivity contribution in [1.82, 2.24) is 0 Å². The summed E-state index contributed by atoms with van der Waals surface area (Å²) < 4.78 is 1.26. The van der Waals surface area contributed by atoms with Gasteiger partial charge in [-0.25, -0.2) is 0 Å². The largest absolute Gasteiger partial charge is 0.298 e. The Kier molecular flexibility index (Phi) is 4.51. The SMILES string of the molecule is CCc1ccc(-c2cc(Cl)sc2Cl)cc1C1C(=O)C2CCC(C2)C1=O. The molecule has 0 amide bonds. The first kappa shape index (κ1) is 17.3. The van der Waals surface area contributed by atoms with E-state index in [-0.39, 0.29) is 23.4 Å². The lowest BCUT2D eigenvalue weighted by atomic mass is 9.73. The summed E-state index contributed by atoms with van der Waals surface area (Å²) in [5.41, 5.74) is 3.71. The Hall–Kier alpha value is -1.16. The van der Waals surface area contributed by atoms with E-state index in [9.17, 15) is 9.59 Å². The molecular formula is C20H18Cl2O2S. The maximum atomic E-state index is 12.9. The highest BCUT2D eigenvalue weighted by Crippen LogP contribution is 2.46. The molecule has 1 heterocycles. The lowest BCUT2D eigenvalue weighted by Crippen LogP contribution is -2.35. The highest BCUT2D eigenvalue weighted by molar-refractivity contribution is 7.20. The fourth-order valence-corrected chi connectivity index (χ4v) is 5.81. The number of carbonyl (C=O) groups is 2. The first-order valence-corrected chi connectivity index (χ1v) is 10.2. The summed E-state index contributed by atoms with van der Waals surface area (Å²) in [4.78, 5) is 25.8. The zero-order chi connectivity index (χ0) is 17.7. The van der Waals surface area contributed by atoms with Crippen molar-refractivity contribution in [2.45, 2.75) is 38.5 Å². The van der Waals surface area contributed by atoms with Gasteiger partial charge in [-0.05, 0) is 54.5 Å². The van der Waals surface area contributed by atoms with Gasteiger partial charge >= 0.3 is 0 Å². The minimum Gasteiger partial charge on any atom is -0.298 e. The molecule has 2 atom stereocenters. The van der Waals surface area contributed by atoms with Gasteiger partial charge in [0.15, 0.2) is 11.6 Å². The Morgan fingerprint density at radius 1 is 1.08 bits per heavy atom. The Bertz CT molecular complexity index is 849. The summed E-state index contributed by atoms with van der Waals surface area (Å²) in [7, 11) is 0. The predicted molar refractivity (Wildman–Crippen MR) is 103 cm³/mol. The van der Waals surface area contributed by atoms with Crippen LogP contribution >= 0.6 is 34.5 Å². The zero-order valence-electron chi connectivity index (χ0n) is 13.9. The van der Waals surface area contributed by atoms with E-state index < -0.39 is 5.92 Å². The van der Waals surface area contributed by atoms with Crippen molar-refractivity contribution in [3.05, 3.63) is 44.1 Å². The number of Topliss-reactive ketones (excluding diaryl/α,β-unsaturated/α-hetero) is 2. The maximum Gasteiger partial charge on any atom is 0.150 e. The molecule has 1 aromatic heterocycles. The molecule has 2 saturated carbocycles. The third-order valence-corrected chi connectivity index (χ3v) is 7.10. The number of hydrogen-bond acceptors (Lipinski definition) is 3. The van der Waals surface area contributed by atoms with E-state index in [1.54, 1.807) is 0 Å². The van der Waals surface area contributed by atoms with Gasteiger partial charge in [0.25, 0.3) is 0 Å². The minimum absolute atomic E-state index is 0.0558. The summed E-state index contributed by atoms with van der Waals surface area (Å²) >= 11 is 13.7. The molecule has 0 spiro atoms. The van der Waals surface area contributed by atoms with E-state index in [0.29, 0.717) is 8.67 Å². The molecule has 130 valence electrons. The van der Waals surface area contributed by atoms with Gasteiger partial charge in [0.2, 0.25) is 0 Å². The first-order valence-electron chi connectivity index (χ1n) is 8.65. The van der Waals surface area contributed by atoms with Crippen LogP contribution < -0.4 is 0 Å². The van der Waals surface area contributed by atoms with Crippen LogP contribution in [0.1, 0.15) is 43.2 Å². The van der Waals surface area contributed by atoms with E-state index in [0.717, 1.165) is 47.9 Å². The third kappa shape index (κ3) is 2.87. The number of fused-ring (bicyclic) bond motifs is 2. The molecule has 4 rings (SSSR count). The van der Waals surface area contributed by atoms with Crippen molar-refractivity contribution in [2.75, 3.05) is 0 Å². The molecule has 0 radical (unpaired) electrons. The van der Waals surface area contributed by atoms with Crippen molar-refractivity contribution in [3.63, 3.8) is 0 Å². The van der Waals surface area contributed by atoms with Gasteiger partial charge in [0.05, 0.1) is 4.34 Å². The molecule has 5 heteroatoms. The molecule has 2 unspecified atom stereocenters. The molecule has 2 aliphatic rings. The fraction of sp³-hybridized carbons (Fsp3) is 0.400. The molecule has 2 aliphatic carbocycles. The van der Waals surface area contributed by atoms with Crippen LogP contribution in [-0.2, 0) is 16.0 Å². The van der Waals surface area contributed by atoms with E-state index in [2.05, 4.69) is 6.92 Å². The van der Waals surface area contributed by atoms with Crippen molar-refractivity contribution < 1.29 is 9.59 Å². The summed E-state index contributed by atoms with van der Waals surface area (Å²) in [5.74, 6) is -0.269. The Labute approximate surface area is 161 Å². The second-order valence-corrected chi connectivity index (χ2v) is 9.24. The van der Waals surface area contributed by atoms with E-state index >= 15 is 0 Å². The molecule has 1 aromatic carbocycles. The van der Waals surface area contributed by atoms with Crippen LogP contribution in [0.3, 0.4) is 0 Å². The van der Waals surface area contributed by atoms with Crippen molar-refractivity contribution in [1.29, 1.82) is 0 Å². The number of carbonyl (C=O) groups excluding carboxylic acids is 2. The smallest absolute Gasteiger partial charge is 0.150 e. The van der Waals surface area contributed by atoms with Crippen LogP contribution in [0.2, 0.25) is 8.67 Å². The first-order chi connectivity index (χ1) is 12.0. The highest BCUT2D eigenvalue weighted by Gasteiger charge is 2.47. The van der Waals surface area contributed by atoms with Crippen LogP contribution in [0.25, 0.3) is 11.1 Å². The zero-order valence-corrected chi connectivity index (χ0v) is 16.2. The van der Waals surface area contributed by atoms with Crippen LogP contribution in [0, 0.1) is 11.8 Å². The van der Waals surface area contributed by atoms with Gasteiger partial charge in [-0.1, -0.05) is 42.3 Å². The van der Waals surface area contributed by atoms with E-state index in [4.69, 9.17) is 23.2 Å². The summed E-state index contributed by atoms with van der Waals surface area (Å²) in [5, 5.41) is 0. The molecule has 2 aromatic rings. The van der Waals surface area contributed by atoms with E-state index in [1.807, 2.05) is 24.3 Å². The standard InChI is InChI=1S/C20H18Cl2O2S/c1-2-10-3-4-11(15-9-16(21)25-20(15)22)8-14(10)17-18(23)12-5-6-13(7-12)19(17)24/h3-4,8-9,12-13,17H,2,5-7H2,1H3. The van der Waals surface area contributed by atoms with Gasteiger partial charge in [-0.3, -0.25) is 9.59 Å². The number of hydrogen-bond donors (Lipinski definition) is 0. The average Bonchev–Trinajstić information content (AvgIpc) is 3.18. The average molecular weight is 393 g/mol. The normalized spacial score (nSPS) is 25.6. The molecule has 0 saturated heterocycles. The summed E-state index contributed by atoms with van der Waals surface area (Å²) in [6.07, 6.45) is 3.26. The number of benzene rings is 1. The van der Waals surface area contributed by atoms with Gasteiger partial charge in [0, 0.05) is 17.4 Å². The van der Waals surface area contributed by atoms with Crippen molar-refractivity contribution in [2.24, 2.45) is 11.8 Å². The van der Waals surface area contributed by atoms with Gasteiger partial charge in [-0.2, -0.15) is 0 Å². The summed E-state index contributed by atoms with van der Waals surface area (Å²) in [6.45, 7) is 2.05. The predicted octanol–water partition coefficient (Wildman–Crippen LogP) is 5.94. The third-order valence-electron chi connectivity index (χ3n) is 5.61. The topological polar surface area (TPSA) is 34.1 Å². The number of halogens is 2. The number of thiophene rings is 1. The van der Waals surface area contributed by atoms with Gasteiger partial charge in [-0.15, -0.1) is 11.3 Å². The molecule has 0 aliphatic heterocycles. The Morgan fingerprint density at radius 2 is 1.76 bits per heavy atom. The number of aryl methyl sites for hydroxylation is 1. The van der Waals surface area contributed by atoms with Crippen LogP contribution in [0.4, 0.5) is 0 Å². The quantitative estimate of drug-likeness (QED) is 0.605. The Balaban J connectivity index is 1.83. The van der Waals surface area contributed by atoms with Crippen LogP contribution in [0.5, 0.6) is 0 Å². The molecule has 25 heavy (non-hydrogen) atoms. The van der Waals surface area contributed by atoms with Gasteiger partial charge in [0.1, 0.15) is 10.3 Å². The van der Waals surface area contributed by atoms with Gasteiger partial charge < -0.3 is 0 Å². The van der Waals surface area contributed by atoms with Crippen molar-refractivity contribution in [3.8, 4) is 11.1 Å². The lowest BCUT2D eigenvalue weighted by Gasteiger charge is -2.27. The fourth-order valence-electron chi connectivity index (χ4n) is 4.31. The van der Waals surface area contributed by atoms with Crippen LogP contribution in [0.15, 0.2) is 24.3 Å². The molecule has 2 bridgehead atoms. The molecule has 2 nitrogen and oxygen atoms in total. The number of rotatable bonds is 3. The Morgan fingerprint density at radius 3 is 2.32 bits per heavy atom. The second kappa shape index (κ2) is 6.53. The minimum atomic E-state index is -0.603. The summed E-state index contributed by atoms with van der Waals surface area (Å²) in [6, 6.07) is 7.84. The lowest BCUT2D eigenvalue weighted by molar-refractivity contribution is -0.135.